The molecule has 0 aliphatic carbocycles. The molecule has 2 aromatic heterocycles. The molecule has 18 heavy (non-hydrogen) atoms. The Bertz CT molecular complexity index is 516. The summed E-state index contributed by atoms with van der Waals surface area (Å²) < 4.78 is 1.93. The summed E-state index contributed by atoms with van der Waals surface area (Å²) in [4.78, 5) is 4.36. The van der Waals surface area contributed by atoms with E-state index in [-0.39, 0.29) is 6.04 Å². The Hall–Kier alpha value is -1.68. The highest BCUT2D eigenvalue weighted by atomic mass is 15.3. The van der Waals surface area contributed by atoms with Gasteiger partial charge in [-0.1, -0.05) is 6.07 Å². The third kappa shape index (κ3) is 2.59. The van der Waals surface area contributed by atoms with E-state index >= 15 is 0 Å². The highest BCUT2D eigenvalue weighted by Gasteiger charge is 2.11. The maximum absolute atomic E-state index is 4.42. The molecule has 0 spiro atoms. The first-order valence-electron chi connectivity index (χ1n) is 6.23. The van der Waals surface area contributed by atoms with E-state index in [0.717, 1.165) is 17.9 Å². The number of nitrogens with one attached hydrogen (secondary N) is 1. The Morgan fingerprint density at radius 3 is 2.67 bits per heavy atom. The molecule has 2 aromatic rings. The van der Waals surface area contributed by atoms with Gasteiger partial charge >= 0.3 is 0 Å². The maximum atomic E-state index is 4.42. The summed E-state index contributed by atoms with van der Waals surface area (Å²) in [6.45, 7) is 7.10. The molecule has 2 heterocycles. The fraction of sp³-hybridized carbons (Fsp3) is 0.429. The predicted molar refractivity (Wildman–Crippen MR) is 72.2 cm³/mol. The standard InChI is InChI=1S/C14H20N4/c1-10-13(12(3)18(4)17-10)9-16-11(2)14-7-5-6-8-15-14/h5-8,11,16H,9H2,1-4H3/t11-/m0/s1. The van der Waals surface area contributed by atoms with E-state index in [0.29, 0.717) is 0 Å². The van der Waals surface area contributed by atoms with Crippen LogP contribution in [0.5, 0.6) is 0 Å². The molecule has 0 amide bonds. The van der Waals surface area contributed by atoms with E-state index in [9.17, 15) is 0 Å². The molecular weight excluding hydrogens is 224 g/mol. The second-order valence-electron chi connectivity index (χ2n) is 4.63. The van der Waals surface area contributed by atoms with Crippen molar-refractivity contribution >= 4 is 0 Å². The second-order valence-corrected chi connectivity index (χ2v) is 4.63. The van der Waals surface area contributed by atoms with Crippen molar-refractivity contribution in [2.45, 2.75) is 33.4 Å². The number of aromatic nitrogens is 3. The Kier molecular flexibility index (Phi) is 3.77. The molecule has 4 heteroatoms. The molecular formula is C14H20N4. The van der Waals surface area contributed by atoms with Crippen molar-refractivity contribution in [3.05, 3.63) is 47.0 Å². The normalized spacial score (nSPS) is 12.7. The average Bonchev–Trinajstić information content (AvgIpc) is 2.62. The first kappa shape index (κ1) is 12.8. The van der Waals surface area contributed by atoms with Crippen LogP contribution in [-0.4, -0.2) is 14.8 Å². The summed E-state index contributed by atoms with van der Waals surface area (Å²) >= 11 is 0. The van der Waals surface area contributed by atoms with Gasteiger partial charge in [-0.05, 0) is 32.9 Å². The largest absolute Gasteiger partial charge is 0.305 e. The molecule has 0 radical (unpaired) electrons. The van der Waals surface area contributed by atoms with Crippen molar-refractivity contribution in [3.8, 4) is 0 Å². The molecule has 0 aromatic carbocycles. The minimum atomic E-state index is 0.241. The SMILES string of the molecule is Cc1nn(C)c(C)c1CN[C@@H](C)c1ccccn1. The smallest absolute Gasteiger partial charge is 0.0641 e. The first-order valence-corrected chi connectivity index (χ1v) is 6.23. The number of rotatable bonds is 4. The summed E-state index contributed by atoms with van der Waals surface area (Å²) in [5.74, 6) is 0. The van der Waals surface area contributed by atoms with E-state index in [4.69, 9.17) is 0 Å². The summed E-state index contributed by atoms with van der Waals surface area (Å²) in [7, 11) is 1.98. The molecule has 0 aliphatic rings. The van der Waals surface area contributed by atoms with Crippen LogP contribution in [0.25, 0.3) is 0 Å². The maximum Gasteiger partial charge on any atom is 0.0641 e. The van der Waals surface area contributed by atoms with Crippen molar-refractivity contribution in [1.29, 1.82) is 0 Å². The Balaban J connectivity index is 2.04. The summed E-state index contributed by atoms with van der Waals surface area (Å²) in [6, 6.07) is 6.23. The lowest BCUT2D eigenvalue weighted by Gasteiger charge is -2.13. The number of hydrogen-bond donors (Lipinski definition) is 1. The van der Waals surface area contributed by atoms with E-state index in [1.165, 1.54) is 11.3 Å². The zero-order valence-electron chi connectivity index (χ0n) is 11.4. The molecule has 2 rings (SSSR count). The average molecular weight is 244 g/mol. The third-order valence-electron chi connectivity index (χ3n) is 3.38. The summed E-state index contributed by atoms with van der Waals surface area (Å²) in [6.07, 6.45) is 1.83. The van der Waals surface area contributed by atoms with Crippen molar-refractivity contribution in [3.63, 3.8) is 0 Å². The molecule has 0 saturated carbocycles. The quantitative estimate of drug-likeness (QED) is 0.897. The van der Waals surface area contributed by atoms with Crippen LogP contribution < -0.4 is 5.32 Å². The summed E-state index contributed by atoms with van der Waals surface area (Å²) in [5.41, 5.74) is 4.65. The van der Waals surface area contributed by atoms with E-state index < -0.39 is 0 Å². The first-order chi connectivity index (χ1) is 8.59. The zero-order valence-corrected chi connectivity index (χ0v) is 11.4. The lowest BCUT2D eigenvalue weighted by atomic mass is 10.1. The van der Waals surface area contributed by atoms with Gasteiger partial charge < -0.3 is 5.32 Å². The van der Waals surface area contributed by atoms with Gasteiger partial charge in [-0.15, -0.1) is 0 Å². The van der Waals surface area contributed by atoms with Crippen molar-refractivity contribution in [2.75, 3.05) is 0 Å². The Morgan fingerprint density at radius 2 is 2.11 bits per heavy atom. The van der Waals surface area contributed by atoms with Crippen LogP contribution in [0.15, 0.2) is 24.4 Å². The number of hydrogen-bond acceptors (Lipinski definition) is 3. The van der Waals surface area contributed by atoms with Crippen LogP contribution in [0.1, 0.15) is 35.6 Å². The summed E-state index contributed by atoms with van der Waals surface area (Å²) in [5, 5.41) is 7.92. The minimum absolute atomic E-state index is 0.241. The Morgan fingerprint density at radius 1 is 1.33 bits per heavy atom. The molecule has 1 atom stereocenters. The lowest BCUT2D eigenvalue weighted by Crippen LogP contribution is -2.19. The van der Waals surface area contributed by atoms with Gasteiger partial charge in [0, 0.05) is 37.1 Å². The van der Waals surface area contributed by atoms with E-state index in [1.54, 1.807) is 0 Å². The molecule has 0 bridgehead atoms. The van der Waals surface area contributed by atoms with Crippen molar-refractivity contribution in [2.24, 2.45) is 7.05 Å². The van der Waals surface area contributed by atoms with Gasteiger partial charge in [-0.25, -0.2) is 0 Å². The van der Waals surface area contributed by atoms with Crippen LogP contribution in [0, 0.1) is 13.8 Å². The molecule has 0 fully saturated rings. The van der Waals surface area contributed by atoms with Gasteiger partial charge in [-0.2, -0.15) is 5.10 Å². The monoisotopic (exact) mass is 244 g/mol. The second kappa shape index (κ2) is 5.31. The van der Waals surface area contributed by atoms with Crippen molar-refractivity contribution < 1.29 is 0 Å². The fourth-order valence-corrected chi connectivity index (χ4v) is 2.07. The van der Waals surface area contributed by atoms with E-state index in [2.05, 4.69) is 36.2 Å². The predicted octanol–water partition coefficient (Wildman–Crippen LogP) is 2.28. The Labute approximate surface area is 108 Å². The van der Waals surface area contributed by atoms with Crippen molar-refractivity contribution in [1.82, 2.24) is 20.1 Å². The highest BCUT2D eigenvalue weighted by Crippen LogP contribution is 2.14. The highest BCUT2D eigenvalue weighted by molar-refractivity contribution is 5.24. The molecule has 0 saturated heterocycles. The van der Waals surface area contributed by atoms with Gasteiger partial charge in [0.25, 0.3) is 0 Å². The minimum Gasteiger partial charge on any atom is -0.305 e. The molecule has 0 unspecified atom stereocenters. The third-order valence-corrected chi connectivity index (χ3v) is 3.38. The van der Waals surface area contributed by atoms with Gasteiger partial charge in [-0.3, -0.25) is 9.67 Å². The molecule has 96 valence electrons. The number of aryl methyl sites for hydroxylation is 2. The zero-order chi connectivity index (χ0) is 13.1. The van der Waals surface area contributed by atoms with Crippen LogP contribution >= 0.6 is 0 Å². The van der Waals surface area contributed by atoms with Crippen LogP contribution in [-0.2, 0) is 13.6 Å². The van der Waals surface area contributed by atoms with Crippen LogP contribution in [0.2, 0.25) is 0 Å². The fourth-order valence-electron chi connectivity index (χ4n) is 2.07. The van der Waals surface area contributed by atoms with Gasteiger partial charge in [0.15, 0.2) is 0 Å². The van der Waals surface area contributed by atoms with Gasteiger partial charge in [0.2, 0.25) is 0 Å². The van der Waals surface area contributed by atoms with E-state index in [1.807, 2.05) is 36.1 Å². The number of nitrogens with zero attached hydrogens (tertiary/aromatic N) is 3. The molecule has 1 N–H and O–H groups in total. The topological polar surface area (TPSA) is 42.7 Å². The molecule has 0 aliphatic heterocycles. The van der Waals surface area contributed by atoms with Crippen LogP contribution in [0.3, 0.4) is 0 Å². The van der Waals surface area contributed by atoms with Gasteiger partial charge in [0.1, 0.15) is 0 Å². The molecule has 4 nitrogen and oxygen atoms in total. The van der Waals surface area contributed by atoms with Gasteiger partial charge in [0.05, 0.1) is 11.4 Å². The van der Waals surface area contributed by atoms with Crippen LogP contribution in [0.4, 0.5) is 0 Å². The lowest BCUT2D eigenvalue weighted by molar-refractivity contribution is 0.559. The number of pyridine rings is 1.